The van der Waals surface area contributed by atoms with Crippen LogP contribution in [0.3, 0.4) is 0 Å². The van der Waals surface area contributed by atoms with Gasteiger partial charge in [-0.1, -0.05) is 5.16 Å². The van der Waals surface area contributed by atoms with Gasteiger partial charge in [-0.3, -0.25) is 9.59 Å². The molecule has 0 bridgehead atoms. The molecule has 2 amide bonds. The molecule has 15 heteroatoms. The fourth-order valence-electron chi connectivity index (χ4n) is 6.22. The maximum atomic E-state index is 14.0. The number of hydrogen-bond acceptors (Lipinski definition) is 8. The molecule has 0 unspecified atom stereocenters. The summed E-state index contributed by atoms with van der Waals surface area (Å²) in [6.45, 7) is 1.41. The molecular weight excluding hydrogens is 574 g/mol. The molecule has 11 nitrogen and oxygen atoms in total. The van der Waals surface area contributed by atoms with Crippen LogP contribution in [0.5, 0.6) is 0 Å². The first-order chi connectivity index (χ1) is 20.4. The van der Waals surface area contributed by atoms with Gasteiger partial charge in [0.25, 0.3) is 5.91 Å². The molecule has 6 rings (SSSR count). The summed E-state index contributed by atoms with van der Waals surface area (Å²) in [5.41, 5.74) is 1.29. The first-order valence-electron chi connectivity index (χ1n) is 14.6. The van der Waals surface area contributed by atoms with Gasteiger partial charge >= 0.3 is 0 Å². The third-order valence-corrected chi connectivity index (χ3v) is 8.74. The van der Waals surface area contributed by atoms with Crippen molar-refractivity contribution >= 4 is 17.5 Å². The van der Waals surface area contributed by atoms with E-state index in [0.717, 1.165) is 12.8 Å². The molecule has 3 fully saturated rings. The zero-order chi connectivity index (χ0) is 30.5. The van der Waals surface area contributed by atoms with Crippen LogP contribution in [-0.2, 0) is 4.79 Å². The van der Waals surface area contributed by atoms with Gasteiger partial charge in [-0.2, -0.15) is 5.10 Å². The Bertz CT molecular complexity index is 1490. The van der Waals surface area contributed by atoms with Crippen molar-refractivity contribution in [1.29, 1.82) is 0 Å². The van der Waals surface area contributed by atoms with Gasteiger partial charge in [-0.05, 0) is 67.1 Å². The maximum Gasteiger partial charge on any atom is 0.276 e. The lowest BCUT2D eigenvalue weighted by molar-refractivity contribution is -0.134. The third-order valence-electron chi connectivity index (χ3n) is 8.74. The summed E-state index contributed by atoms with van der Waals surface area (Å²) >= 11 is 0. The van der Waals surface area contributed by atoms with E-state index in [4.69, 9.17) is 4.98 Å². The highest BCUT2D eigenvalue weighted by molar-refractivity contribution is 5.93. The lowest BCUT2D eigenvalue weighted by Crippen LogP contribution is -2.39. The summed E-state index contributed by atoms with van der Waals surface area (Å²) in [5.74, 6) is -6.93. The van der Waals surface area contributed by atoms with Gasteiger partial charge in [0.2, 0.25) is 17.8 Å². The summed E-state index contributed by atoms with van der Waals surface area (Å²) in [6.07, 6.45) is 3.06. The average molecular weight is 608 g/mol. The van der Waals surface area contributed by atoms with Crippen molar-refractivity contribution in [3.63, 3.8) is 0 Å². The normalized spacial score (nSPS) is 22.5. The van der Waals surface area contributed by atoms with Crippen LogP contribution >= 0.6 is 0 Å². The van der Waals surface area contributed by atoms with Gasteiger partial charge in [0.1, 0.15) is 5.69 Å². The largest absolute Gasteiger partial charge is 0.387 e. The Kier molecular flexibility index (Phi) is 7.63. The number of halogens is 4. The smallest absolute Gasteiger partial charge is 0.276 e. The molecule has 0 aliphatic heterocycles. The number of hydrogen-bond donors (Lipinski definition) is 3. The van der Waals surface area contributed by atoms with Crippen LogP contribution in [0, 0.1) is 17.8 Å². The van der Waals surface area contributed by atoms with Gasteiger partial charge in [-0.25, -0.2) is 31.7 Å². The molecule has 3 aliphatic rings. The van der Waals surface area contributed by atoms with Gasteiger partial charge in [0.15, 0.2) is 11.3 Å². The molecular formula is C28H33F4N7O4. The molecule has 3 aromatic heterocycles. The maximum absolute atomic E-state index is 14.0. The van der Waals surface area contributed by atoms with E-state index in [2.05, 4.69) is 30.7 Å². The molecule has 3 saturated carbocycles. The Morgan fingerprint density at radius 3 is 2.40 bits per heavy atom. The van der Waals surface area contributed by atoms with Crippen molar-refractivity contribution in [2.24, 2.45) is 17.8 Å². The van der Waals surface area contributed by atoms with Crippen LogP contribution in [0.25, 0.3) is 5.65 Å². The Morgan fingerprint density at radius 2 is 1.74 bits per heavy atom. The van der Waals surface area contributed by atoms with Crippen LogP contribution in [0.2, 0.25) is 0 Å². The Balaban J connectivity index is 1.24. The van der Waals surface area contributed by atoms with Gasteiger partial charge in [0, 0.05) is 32.1 Å². The quantitative estimate of drug-likeness (QED) is 0.286. The van der Waals surface area contributed by atoms with Crippen molar-refractivity contribution in [1.82, 2.24) is 35.5 Å². The van der Waals surface area contributed by atoms with Gasteiger partial charge < -0.3 is 15.7 Å². The minimum absolute atomic E-state index is 0.0433. The van der Waals surface area contributed by atoms with E-state index in [1.165, 1.54) is 11.4 Å². The van der Waals surface area contributed by atoms with Crippen LogP contribution in [-0.4, -0.2) is 53.7 Å². The molecule has 3 atom stereocenters. The minimum Gasteiger partial charge on any atom is -0.387 e. The topological polar surface area (TPSA) is 148 Å². The Morgan fingerprint density at radius 1 is 1.05 bits per heavy atom. The Hall–Kier alpha value is -3.62. The lowest BCUT2D eigenvalue weighted by Gasteiger charge is -2.34. The molecule has 3 aliphatic carbocycles. The molecule has 232 valence electrons. The fourth-order valence-corrected chi connectivity index (χ4v) is 6.22. The van der Waals surface area contributed by atoms with Crippen molar-refractivity contribution in [2.75, 3.05) is 0 Å². The van der Waals surface area contributed by atoms with Crippen LogP contribution < -0.4 is 10.6 Å². The second-order valence-electron chi connectivity index (χ2n) is 12.3. The molecule has 0 spiro atoms. The van der Waals surface area contributed by atoms with E-state index < -0.39 is 29.9 Å². The molecule has 43 heavy (non-hydrogen) atoms. The van der Waals surface area contributed by atoms with Crippen LogP contribution in [0.1, 0.15) is 110 Å². The van der Waals surface area contributed by atoms with E-state index >= 15 is 0 Å². The number of nitrogens with one attached hydrogen (secondary N) is 2. The molecule has 3 heterocycles. The summed E-state index contributed by atoms with van der Waals surface area (Å²) < 4.78 is 60.6. The van der Waals surface area contributed by atoms with Gasteiger partial charge in [0.05, 0.1) is 36.3 Å². The summed E-state index contributed by atoms with van der Waals surface area (Å²) in [7, 11) is 0. The zero-order valence-electron chi connectivity index (χ0n) is 23.5. The van der Waals surface area contributed by atoms with Crippen molar-refractivity contribution < 1.29 is 36.9 Å². The molecule has 0 aromatic carbocycles. The number of aromatic nitrogens is 5. The number of amides is 2. The van der Waals surface area contributed by atoms with Crippen LogP contribution in [0.15, 0.2) is 23.1 Å². The van der Waals surface area contributed by atoms with E-state index in [-0.39, 0.29) is 86.0 Å². The first kappa shape index (κ1) is 29.5. The van der Waals surface area contributed by atoms with Crippen molar-refractivity contribution in [3.05, 3.63) is 41.1 Å². The van der Waals surface area contributed by atoms with Crippen molar-refractivity contribution in [3.8, 4) is 0 Å². The highest BCUT2D eigenvalue weighted by Crippen LogP contribution is 2.45. The number of carbonyl (C=O) groups excluding carboxylic acids is 2. The molecule has 0 saturated heterocycles. The predicted octanol–water partition coefficient (Wildman–Crippen LogP) is 4.46. The van der Waals surface area contributed by atoms with E-state index in [1.807, 2.05) is 0 Å². The first-order valence-corrected chi connectivity index (χ1v) is 14.6. The van der Waals surface area contributed by atoms with Crippen molar-refractivity contribution in [2.45, 2.75) is 94.7 Å². The van der Waals surface area contributed by atoms with Crippen LogP contribution in [0.4, 0.5) is 17.6 Å². The summed E-state index contributed by atoms with van der Waals surface area (Å²) in [6, 6.07) is 0.658. The molecule has 3 aromatic rings. The highest BCUT2D eigenvalue weighted by Gasteiger charge is 2.46. The van der Waals surface area contributed by atoms with Gasteiger partial charge in [-0.15, -0.1) is 0 Å². The van der Waals surface area contributed by atoms with E-state index in [9.17, 15) is 32.3 Å². The molecule has 0 radical (unpaired) electrons. The zero-order valence-corrected chi connectivity index (χ0v) is 23.5. The number of alkyl halides is 4. The number of imidazole rings is 1. The number of rotatable bonds is 10. The SMILES string of the molecule is C[C@H](O)c1nonc1C(=O)N[C@H](c1cn2ncc([C@H](NC(=O)CC3CC(F)(F)C3)C3CC3)cc2n1)C1CCC(F)(F)CC1. The minimum atomic E-state index is -2.78. The monoisotopic (exact) mass is 607 g/mol. The fraction of sp³-hybridized carbons (Fsp3) is 0.643. The lowest BCUT2D eigenvalue weighted by atomic mass is 9.79. The second-order valence-corrected chi connectivity index (χ2v) is 12.3. The summed E-state index contributed by atoms with van der Waals surface area (Å²) in [5, 5.41) is 27.5. The van der Waals surface area contributed by atoms with E-state index in [1.54, 1.807) is 18.5 Å². The standard InChI is InChI=1S/C28H33F4N7O4/c1-14(40)22-25(38-43-37-22)26(42)36-24(17-4-6-27(29,30)7-5-17)19-13-39-20(34-19)9-18(12-33-39)23(16-2-3-16)35-21(41)8-15-10-28(31,32)11-15/h9,12-17,23-24,40H,2-8,10-11H2,1H3,(H,35,41)(H,36,42)/t14-,23+,24-/m0/s1. The third kappa shape index (κ3) is 6.50. The number of fused-ring (bicyclic) bond motifs is 1. The second kappa shape index (κ2) is 11.1. The average Bonchev–Trinajstić information content (AvgIpc) is 3.47. The molecule has 3 N–H and O–H groups in total. The predicted molar refractivity (Wildman–Crippen MR) is 141 cm³/mol. The highest BCUT2D eigenvalue weighted by atomic mass is 19.3. The summed E-state index contributed by atoms with van der Waals surface area (Å²) in [4.78, 5) is 30.6. The van der Waals surface area contributed by atoms with E-state index in [0.29, 0.717) is 16.9 Å². The number of aliphatic hydroxyl groups is 1. The number of nitrogens with zero attached hydrogens (tertiary/aromatic N) is 5. The number of aliphatic hydroxyl groups excluding tert-OH is 1. The Labute approximate surface area is 243 Å². The number of carbonyl (C=O) groups is 2.